The number of ether oxygens (including phenoxy) is 2. The van der Waals surface area contributed by atoms with Gasteiger partial charge in [-0.25, -0.2) is 0 Å². The fraction of sp³-hybridized carbons (Fsp3) is 0.435. The van der Waals surface area contributed by atoms with Gasteiger partial charge in [0.15, 0.2) is 0 Å². The molecule has 4 rings (SSSR count). The number of morpholine rings is 1. The maximum absolute atomic E-state index is 12.7. The Balaban J connectivity index is 1.31. The maximum Gasteiger partial charge on any atom is 0.139 e. The van der Waals surface area contributed by atoms with E-state index >= 15 is 0 Å². The van der Waals surface area contributed by atoms with Crippen LogP contribution in [0.3, 0.4) is 0 Å². The summed E-state index contributed by atoms with van der Waals surface area (Å²) >= 11 is 0. The Bertz CT molecular complexity index is 720. The number of hydrogen-bond acceptors (Lipinski definition) is 4. The molecule has 0 N–H and O–H groups in total. The van der Waals surface area contributed by atoms with Crippen LogP contribution in [-0.2, 0) is 16.1 Å². The van der Waals surface area contributed by atoms with Crippen molar-refractivity contribution in [3.05, 3.63) is 66.2 Å². The minimum absolute atomic E-state index is 0.135. The molecule has 2 heterocycles. The summed E-state index contributed by atoms with van der Waals surface area (Å²) in [4.78, 5) is 15.3. The third-order valence-corrected chi connectivity index (χ3v) is 5.70. The first-order valence-electron chi connectivity index (χ1n) is 9.87. The Morgan fingerprint density at radius 3 is 2.26 bits per heavy atom. The van der Waals surface area contributed by atoms with Gasteiger partial charge in [0.05, 0.1) is 19.8 Å². The number of rotatable bonds is 7. The molecule has 2 atom stereocenters. The van der Waals surface area contributed by atoms with Crippen molar-refractivity contribution in [3.8, 4) is 5.75 Å². The highest BCUT2D eigenvalue weighted by Gasteiger charge is 2.40. The van der Waals surface area contributed by atoms with Crippen LogP contribution >= 0.6 is 0 Å². The van der Waals surface area contributed by atoms with Crippen molar-refractivity contribution in [1.82, 2.24) is 4.90 Å². The fourth-order valence-corrected chi connectivity index (χ4v) is 4.30. The van der Waals surface area contributed by atoms with Gasteiger partial charge >= 0.3 is 0 Å². The highest BCUT2D eigenvalue weighted by Crippen LogP contribution is 2.33. The Kier molecular flexibility index (Phi) is 5.85. The van der Waals surface area contributed by atoms with Crippen molar-refractivity contribution in [2.45, 2.75) is 37.9 Å². The highest BCUT2D eigenvalue weighted by atomic mass is 16.5. The maximum atomic E-state index is 12.7. The summed E-state index contributed by atoms with van der Waals surface area (Å²) < 4.78 is 11.5. The Hall–Kier alpha value is -2.17. The second-order valence-electron chi connectivity index (χ2n) is 7.55. The third-order valence-electron chi connectivity index (χ3n) is 5.70. The molecule has 4 heteroatoms. The second-order valence-corrected chi connectivity index (χ2v) is 7.55. The Labute approximate surface area is 161 Å². The Morgan fingerprint density at radius 1 is 0.963 bits per heavy atom. The number of Topliss-reactive ketones (excluding diaryl/α,β-unsaturated/α-hetero) is 1. The molecular formula is C23H27NO3. The molecule has 2 saturated heterocycles. The fourth-order valence-electron chi connectivity index (χ4n) is 4.30. The summed E-state index contributed by atoms with van der Waals surface area (Å²) in [7, 11) is 0. The topological polar surface area (TPSA) is 38.8 Å². The van der Waals surface area contributed by atoms with Crippen LogP contribution in [0.25, 0.3) is 0 Å². The zero-order chi connectivity index (χ0) is 18.5. The van der Waals surface area contributed by atoms with E-state index in [9.17, 15) is 4.79 Å². The molecule has 2 aliphatic rings. The molecule has 2 aromatic rings. The predicted molar refractivity (Wildman–Crippen MR) is 105 cm³/mol. The molecule has 2 unspecified atom stereocenters. The first kappa shape index (κ1) is 18.2. The molecule has 0 aliphatic carbocycles. The number of carbonyl (C=O) groups is 1. The van der Waals surface area contributed by atoms with Gasteiger partial charge in [-0.15, -0.1) is 0 Å². The lowest BCUT2D eigenvalue weighted by atomic mass is 9.81. The largest absolute Gasteiger partial charge is 0.493 e. The number of piperidine rings is 1. The lowest BCUT2D eigenvalue weighted by Gasteiger charge is -2.48. The van der Waals surface area contributed by atoms with Crippen LogP contribution in [0, 0.1) is 5.92 Å². The predicted octanol–water partition coefficient (Wildman–Crippen LogP) is 3.70. The van der Waals surface area contributed by atoms with Crippen molar-refractivity contribution in [1.29, 1.82) is 0 Å². The van der Waals surface area contributed by atoms with Crippen LogP contribution in [0.1, 0.15) is 24.8 Å². The minimum atomic E-state index is 0.135. The van der Waals surface area contributed by atoms with E-state index in [2.05, 4.69) is 35.2 Å². The molecule has 27 heavy (non-hydrogen) atoms. The Morgan fingerprint density at radius 2 is 1.59 bits per heavy atom. The van der Waals surface area contributed by atoms with Gasteiger partial charge in [-0.05, 0) is 30.5 Å². The van der Waals surface area contributed by atoms with Gasteiger partial charge < -0.3 is 9.47 Å². The van der Waals surface area contributed by atoms with E-state index in [0.717, 1.165) is 38.3 Å². The number of hydrogen-bond donors (Lipinski definition) is 0. The molecule has 142 valence electrons. The normalized spacial score (nSPS) is 25.1. The zero-order valence-electron chi connectivity index (χ0n) is 15.6. The van der Waals surface area contributed by atoms with Gasteiger partial charge in [-0.2, -0.15) is 0 Å². The number of ketones is 1. The number of benzene rings is 2. The molecule has 4 nitrogen and oxygen atoms in total. The summed E-state index contributed by atoms with van der Waals surface area (Å²) in [5.41, 5.74) is 1.33. The standard InChI is InChI=1S/C23H27NO3/c25-23(11-12-27-22-9-5-2-6-10-22)19-13-20-16-26-17-21(14-19)24(20)15-18-7-3-1-4-8-18/h1-10,19-21H,11-17H2. The van der Waals surface area contributed by atoms with Crippen LogP contribution in [0.15, 0.2) is 60.7 Å². The van der Waals surface area contributed by atoms with Crippen molar-refractivity contribution >= 4 is 5.78 Å². The number of fused-ring (bicyclic) bond motifs is 2. The van der Waals surface area contributed by atoms with E-state index in [4.69, 9.17) is 9.47 Å². The molecular weight excluding hydrogens is 338 g/mol. The van der Waals surface area contributed by atoms with Gasteiger partial charge in [-0.3, -0.25) is 9.69 Å². The van der Waals surface area contributed by atoms with E-state index in [1.165, 1.54) is 5.56 Å². The quantitative estimate of drug-likeness (QED) is 0.750. The van der Waals surface area contributed by atoms with Crippen LogP contribution in [0.5, 0.6) is 5.75 Å². The van der Waals surface area contributed by atoms with Crippen LogP contribution in [0.4, 0.5) is 0 Å². The first-order valence-corrected chi connectivity index (χ1v) is 9.87. The summed E-state index contributed by atoms with van der Waals surface area (Å²) in [5.74, 6) is 1.30. The monoisotopic (exact) mass is 365 g/mol. The van der Waals surface area contributed by atoms with Crippen molar-refractivity contribution in [2.24, 2.45) is 5.92 Å². The van der Waals surface area contributed by atoms with Crippen molar-refractivity contribution in [3.63, 3.8) is 0 Å². The molecule has 2 bridgehead atoms. The molecule has 0 radical (unpaired) electrons. The highest BCUT2D eigenvalue weighted by molar-refractivity contribution is 5.81. The zero-order valence-corrected chi connectivity index (χ0v) is 15.6. The molecule has 0 amide bonds. The first-order chi connectivity index (χ1) is 13.3. The van der Waals surface area contributed by atoms with Crippen LogP contribution in [0.2, 0.25) is 0 Å². The SMILES string of the molecule is O=C(CCOc1ccccc1)C1CC2COCC(C1)N2Cc1ccccc1. The number of para-hydroxylation sites is 1. The van der Waals surface area contributed by atoms with Gasteiger partial charge in [-0.1, -0.05) is 48.5 Å². The van der Waals surface area contributed by atoms with Gasteiger partial charge in [0.2, 0.25) is 0 Å². The van der Waals surface area contributed by atoms with E-state index in [-0.39, 0.29) is 5.92 Å². The molecule has 2 aliphatic heterocycles. The van der Waals surface area contributed by atoms with Crippen molar-refractivity contribution < 1.29 is 14.3 Å². The summed E-state index contributed by atoms with van der Waals surface area (Å²) in [6.45, 7) is 2.86. The number of nitrogens with zero attached hydrogens (tertiary/aromatic N) is 1. The second kappa shape index (κ2) is 8.68. The molecule has 0 aromatic heterocycles. The third kappa shape index (κ3) is 4.57. The molecule has 2 aromatic carbocycles. The number of carbonyl (C=O) groups excluding carboxylic acids is 1. The van der Waals surface area contributed by atoms with Gasteiger partial charge in [0.25, 0.3) is 0 Å². The molecule has 0 spiro atoms. The molecule has 0 saturated carbocycles. The van der Waals surface area contributed by atoms with Crippen LogP contribution < -0.4 is 4.74 Å². The van der Waals surface area contributed by atoms with E-state index < -0.39 is 0 Å². The van der Waals surface area contributed by atoms with Gasteiger partial charge in [0.1, 0.15) is 11.5 Å². The average molecular weight is 365 g/mol. The average Bonchev–Trinajstić information content (AvgIpc) is 2.69. The van der Waals surface area contributed by atoms with E-state index in [1.807, 2.05) is 30.3 Å². The smallest absolute Gasteiger partial charge is 0.139 e. The lowest BCUT2D eigenvalue weighted by molar-refractivity contribution is -0.134. The molecule has 2 fully saturated rings. The van der Waals surface area contributed by atoms with E-state index in [0.29, 0.717) is 30.9 Å². The van der Waals surface area contributed by atoms with Crippen molar-refractivity contribution in [2.75, 3.05) is 19.8 Å². The summed E-state index contributed by atoms with van der Waals surface area (Å²) in [6, 6.07) is 20.9. The summed E-state index contributed by atoms with van der Waals surface area (Å²) in [5, 5.41) is 0. The lowest BCUT2D eigenvalue weighted by Crippen LogP contribution is -2.57. The van der Waals surface area contributed by atoms with Gasteiger partial charge in [0, 0.05) is 31.0 Å². The van der Waals surface area contributed by atoms with E-state index in [1.54, 1.807) is 0 Å². The summed E-state index contributed by atoms with van der Waals surface area (Å²) in [6.07, 6.45) is 2.28. The van der Waals surface area contributed by atoms with Crippen LogP contribution in [-0.4, -0.2) is 42.6 Å². The minimum Gasteiger partial charge on any atom is -0.493 e.